The maximum absolute atomic E-state index is 14.4. The highest BCUT2D eigenvalue weighted by atomic mass is 19.1. The smallest absolute Gasteiger partial charge is 0.308 e. The van der Waals surface area contributed by atoms with Crippen molar-refractivity contribution in [1.29, 1.82) is 0 Å². The molecule has 3 heterocycles. The van der Waals surface area contributed by atoms with Crippen molar-refractivity contribution >= 4 is 23.5 Å². The zero-order valence-electron chi connectivity index (χ0n) is 27.3. The van der Waals surface area contributed by atoms with Crippen molar-refractivity contribution in [3.8, 4) is 17.2 Å². The molecule has 5 rings (SSSR count). The third-order valence-electron chi connectivity index (χ3n) is 9.64. The average molecular weight is 640 g/mol. The largest absolute Gasteiger partial charge is 0.493 e. The molecule has 0 spiro atoms. The molecule has 3 aliphatic heterocycles. The number of anilines is 1. The van der Waals surface area contributed by atoms with Gasteiger partial charge in [0, 0.05) is 49.7 Å². The second-order valence-corrected chi connectivity index (χ2v) is 12.6. The van der Waals surface area contributed by atoms with E-state index in [4.69, 9.17) is 14.2 Å². The van der Waals surface area contributed by atoms with Crippen molar-refractivity contribution in [2.45, 2.75) is 83.7 Å². The molecule has 10 nitrogen and oxygen atoms in total. The number of aryl methyl sites for hydroxylation is 1. The molecule has 0 saturated carbocycles. The fraction of sp³-hybridized carbons (Fsp3) is 0.571. The van der Waals surface area contributed by atoms with Gasteiger partial charge in [0.2, 0.25) is 24.4 Å². The zero-order chi connectivity index (χ0) is 33.0. The van der Waals surface area contributed by atoms with Gasteiger partial charge >= 0.3 is 5.97 Å². The lowest BCUT2D eigenvalue weighted by Gasteiger charge is -2.35. The van der Waals surface area contributed by atoms with E-state index in [1.165, 1.54) is 13.2 Å². The van der Waals surface area contributed by atoms with Crippen LogP contribution in [0.4, 0.5) is 10.1 Å². The van der Waals surface area contributed by atoms with Gasteiger partial charge in [-0.25, -0.2) is 4.39 Å². The van der Waals surface area contributed by atoms with Crippen LogP contribution in [0.5, 0.6) is 17.2 Å². The Balaban J connectivity index is 1.50. The van der Waals surface area contributed by atoms with Crippen LogP contribution in [0.15, 0.2) is 30.3 Å². The Hall–Kier alpha value is -3.86. The number of carboxylic acid groups (broad SMARTS) is 1. The predicted octanol–water partition coefficient (Wildman–Crippen LogP) is 5.35. The summed E-state index contributed by atoms with van der Waals surface area (Å²) >= 11 is 0. The van der Waals surface area contributed by atoms with E-state index in [1.807, 2.05) is 11.0 Å². The first-order valence-electron chi connectivity index (χ1n) is 16.5. The van der Waals surface area contributed by atoms with Crippen molar-refractivity contribution in [3.05, 3.63) is 47.3 Å². The molecule has 2 fully saturated rings. The number of hydrogen-bond acceptors (Lipinski definition) is 7. The molecule has 3 aliphatic rings. The van der Waals surface area contributed by atoms with Crippen LogP contribution < -0.4 is 19.1 Å². The fourth-order valence-electron chi connectivity index (χ4n) is 7.44. The maximum atomic E-state index is 14.4. The van der Waals surface area contributed by atoms with E-state index >= 15 is 0 Å². The van der Waals surface area contributed by atoms with Crippen LogP contribution >= 0.6 is 0 Å². The summed E-state index contributed by atoms with van der Waals surface area (Å²) in [5.74, 6) is -1.27. The van der Waals surface area contributed by atoms with Gasteiger partial charge in [0.05, 0.1) is 19.6 Å². The average Bonchev–Trinajstić information content (AvgIpc) is 3.76. The number of amides is 2. The van der Waals surface area contributed by atoms with Crippen molar-refractivity contribution in [2.75, 3.05) is 45.0 Å². The number of carbonyl (C=O) groups is 3. The third-order valence-corrected chi connectivity index (χ3v) is 9.64. The summed E-state index contributed by atoms with van der Waals surface area (Å²) in [5, 5.41) is 10.7. The van der Waals surface area contributed by atoms with Crippen LogP contribution in [0.1, 0.15) is 75.8 Å². The normalized spacial score (nSPS) is 21.0. The molecular formula is C35H46FN3O7. The summed E-state index contributed by atoms with van der Waals surface area (Å²) in [4.78, 5) is 45.5. The van der Waals surface area contributed by atoms with Crippen LogP contribution in [-0.4, -0.2) is 84.9 Å². The number of carbonyl (C=O) groups excluding carboxylic acids is 2. The highest BCUT2D eigenvalue weighted by Gasteiger charge is 2.48. The first-order valence-corrected chi connectivity index (χ1v) is 16.5. The number of nitrogens with zero attached hydrogens (tertiary/aromatic N) is 3. The Morgan fingerprint density at radius 1 is 1.15 bits per heavy atom. The van der Waals surface area contributed by atoms with E-state index in [0.717, 1.165) is 37.7 Å². The summed E-state index contributed by atoms with van der Waals surface area (Å²) in [5.41, 5.74) is 1.83. The Morgan fingerprint density at radius 3 is 2.54 bits per heavy atom. The molecule has 2 aromatic rings. The molecule has 2 amide bonds. The lowest BCUT2D eigenvalue weighted by molar-refractivity contribution is -0.143. The summed E-state index contributed by atoms with van der Waals surface area (Å²) in [6, 6.07) is 7.78. The molecule has 1 N–H and O–H groups in total. The Kier molecular flexibility index (Phi) is 10.7. The molecule has 11 heteroatoms. The van der Waals surface area contributed by atoms with Gasteiger partial charge in [0.25, 0.3) is 0 Å². The fourth-order valence-corrected chi connectivity index (χ4v) is 7.44. The third kappa shape index (κ3) is 6.94. The van der Waals surface area contributed by atoms with Crippen LogP contribution in [0.3, 0.4) is 0 Å². The van der Waals surface area contributed by atoms with Gasteiger partial charge in [-0.15, -0.1) is 0 Å². The van der Waals surface area contributed by atoms with E-state index in [1.54, 1.807) is 34.9 Å². The lowest BCUT2D eigenvalue weighted by Crippen LogP contribution is -2.48. The molecule has 2 saturated heterocycles. The summed E-state index contributed by atoms with van der Waals surface area (Å²) < 4.78 is 31.1. The number of likely N-dealkylation sites (tertiary alicyclic amines) is 2. The van der Waals surface area contributed by atoms with Gasteiger partial charge in [-0.3, -0.25) is 19.3 Å². The Bertz CT molecular complexity index is 1430. The monoisotopic (exact) mass is 639 g/mol. The Morgan fingerprint density at radius 2 is 1.91 bits per heavy atom. The maximum Gasteiger partial charge on any atom is 0.308 e. The highest BCUT2D eigenvalue weighted by Crippen LogP contribution is 2.47. The van der Waals surface area contributed by atoms with Gasteiger partial charge in [0.1, 0.15) is 5.82 Å². The van der Waals surface area contributed by atoms with Crippen LogP contribution in [0.2, 0.25) is 0 Å². The highest BCUT2D eigenvalue weighted by molar-refractivity contribution is 5.95. The number of benzene rings is 2. The number of halogens is 1. The zero-order valence-corrected chi connectivity index (χ0v) is 27.3. The van der Waals surface area contributed by atoms with Crippen LogP contribution in [0, 0.1) is 18.7 Å². The first kappa shape index (κ1) is 33.5. The van der Waals surface area contributed by atoms with Gasteiger partial charge in [-0.2, -0.15) is 0 Å². The minimum Gasteiger partial charge on any atom is -0.493 e. The molecule has 3 atom stereocenters. The van der Waals surface area contributed by atoms with Crippen molar-refractivity contribution < 1.29 is 38.1 Å². The molecule has 2 aromatic carbocycles. The van der Waals surface area contributed by atoms with Crippen molar-refractivity contribution in [1.82, 2.24) is 9.80 Å². The van der Waals surface area contributed by atoms with Crippen LogP contribution in [-0.2, 0) is 14.4 Å². The predicted molar refractivity (Wildman–Crippen MR) is 171 cm³/mol. The summed E-state index contributed by atoms with van der Waals surface area (Å²) in [7, 11) is 1.53. The number of methoxy groups -OCH3 is 1. The van der Waals surface area contributed by atoms with E-state index < -0.39 is 23.8 Å². The molecular weight excluding hydrogens is 593 g/mol. The van der Waals surface area contributed by atoms with Crippen molar-refractivity contribution in [2.24, 2.45) is 5.92 Å². The van der Waals surface area contributed by atoms with Gasteiger partial charge < -0.3 is 29.1 Å². The van der Waals surface area contributed by atoms with Crippen molar-refractivity contribution in [3.63, 3.8) is 0 Å². The summed E-state index contributed by atoms with van der Waals surface area (Å²) in [6.45, 7) is 7.27. The van der Waals surface area contributed by atoms with E-state index in [9.17, 15) is 23.9 Å². The second kappa shape index (κ2) is 14.7. The van der Waals surface area contributed by atoms with E-state index in [0.29, 0.717) is 61.0 Å². The molecule has 0 aliphatic carbocycles. The minimum atomic E-state index is -0.963. The lowest BCUT2D eigenvalue weighted by atomic mass is 9.84. The Labute approximate surface area is 270 Å². The first-order chi connectivity index (χ1) is 22.2. The molecule has 0 radical (unpaired) electrons. The number of ether oxygens (including phenoxy) is 3. The topological polar surface area (TPSA) is 109 Å². The van der Waals surface area contributed by atoms with Gasteiger partial charge in [-0.05, 0) is 74.1 Å². The molecule has 250 valence electrons. The SMILES string of the molecule is CCCC(CCC)N(C(=O)CN1CC(c2cc(OC)c3c(c2)OCO3)C(C(=O)O)C1CCN1CCCC1=O)c1ccc(F)c(C)c1. The standard InChI is InChI=1S/C35H46FN3O7/c1-5-8-24(9-6-2)39(25-11-12-27(36)22(3)16-25)32(41)20-38-19-26(23-17-29(44-4)34-30(18-23)45-21-46-34)33(35(42)43)28(38)13-15-37-14-7-10-31(37)40/h11-12,16-18,24,26,28,33H,5-10,13-15,19-21H2,1-4H3,(H,42,43). The van der Waals surface area contributed by atoms with Crippen LogP contribution in [0.25, 0.3) is 0 Å². The molecule has 0 aromatic heterocycles. The second-order valence-electron chi connectivity index (χ2n) is 12.6. The van der Waals surface area contributed by atoms with E-state index in [2.05, 4.69) is 13.8 Å². The summed E-state index contributed by atoms with van der Waals surface area (Å²) in [6.07, 6.45) is 5.02. The number of carboxylic acids is 1. The molecule has 3 unspecified atom stereocenters. The molecule has 0 bridgehead atoms. The van der Waals surface area contributed by atoms with Gasteiger partial charge in [0.15, 0.2) is 11.5 Å². The molecule has 46 heavy (non-hydrogen) atoms. The quantitative estimate of drug-likeness (QED) is 0.295. The number of rotatable bonds is 14. The number of aliphatic carboxylic acids is 1. The number of hydrogen-bond donors (Lipinski definition) is 1. The van der Waals surface area contributed by atoms with Gasteiger partial charge in [-0.1, -0.05) is 26.7 Å². The van der Waals surface area contributed by atoms with E-state index in [-0.39, 0.29) is 37.0 Å². The number of fused-ring (bicyclic) bond motifs is 1. The minimum absolute atomic E-state index is 0.0130.